The summed E-state index contributed by atoms with van der Waals surface area (Å²) in [5, 5.41) is 8.99. The lowest BCUT2D eigenvalue weighted by Crippen LogP contribution is -2.31. The van der Waals surface area contributed by atoms with Crippen molar-refractivity contribution in [2.45, 2.75) is 12.5 Å². The lowest BCUT2D eigenvalue weighted by atomic mass is 10.1. The average molecular weight is 166 g/mol. The summed E-state index contributed by atoms with van der Waals surface area (Å²) in [5.74, 6) is 0.278. The van der Waals surface area contributed by atoms with E-state index in [2.05, 4.69) is 0 Å². The molecule has 0 amide bonds. The van der Waals surface area contributed by atoms with Gasteiger partial charge in [0.1, 0.15) is 5.75 Å². The fraction of sp³-hybridized carbons (Fsp3) is 0.333. The van der Waals surface area contributed by atoms with Crippen molar-refractivity contribution in [2.75, 3.05) is 6.54 Å². The highest BCUT2D eigenvalue weighted by atomic mass is 16.3. The van der Waals surface area contributed by atoms with Crippen molar-refractivity contribution in [3.63, 3.8) is 0 Å². The number of hydrogen-bond donors (Lipinski definition) is 3. The number of rotatable bonds is 3. The number of phenolic OH excluding ortho intramolecular Hbond substituents is 1. The molecule has 0 heterocycles. The first kappa shape index (κ1) is 9.03. The topological polar surface area (TPSA) is 72.3 Å². The van der Waals surface area contributed by atoms with E-state index >= 15 is 0 Å². The van der Waals surface area contributed by atoms with E-state index in [1.807, 2.05) is 12.1 Å². The number of aromatic hydroxyl groups is 1. The molecule has 0 aliphatic rings. The highest BCUT2D eigenvalue weighted by Gasteiger charge is 2.00. The molecule has 0 saturated heterocycles. The first-order valence-corrected chi connectivity index (χ1v) is 3.96. The number of hydrogen-bond acceptors (Lipinski definition) is 3. The standard InChI is InChI=1S/C9H14N2O/c10-6-8(11)5-7-1-3-9(12)4-2-7/h1-4,8,12H,5-6,10-11H2/t8-/m0/s1. The van der Waals surface area contributed by atoms with Crippen LogP contribution in [0.25, 0.3) is 0 Å². The van der Waals surface area contributed by atoms with Crippen LogP contribution in [0.15, 0.2) is 24.3 Å². The lowest BCUT2D eigenvalue weighted by molar-refractivity contribution is 0.475. The van der Waals surface area contributed by atoms with Gasteiger partial charge in [-0.2, -0.15) is 0 Å². The molecule has 3 heteroatoms. The molecular weight excluding hydrogens is 152 g/mol. The van der Waals surface area contributed by atoms with Crippen molar-refractivity contribution in [3.05, 3.63) is 29.8 Å². The van der Waals surface area contributed by atoms with Crippen molar-refractivity contribution in [3.8, 4) is 5.75 Å². The zero-order valence-electron chi connectivity index (χ0n) is 6.90. The van der Waals surface area contributed by atoms with Crippen LogP contribution < -0.4 is 11.5 Å². The molecule has 12 heavy (non-hydrogen) atoms. The quantitative estimate of drug-likeness (QED) is 0.601. The van der Waals surface area contributed by atoms with Gasteiger partial charge in [-0.15, -0.1) is 0 Å². The van der Waals surface area contributed by atoms with Gasteiger partial charge in [-0.1, -0.05) is 12.1 Å². The predicted molar refractivity (Wildman–Crippen MR) is 48.8 cm³/mol. The van der Waals surface area contributed by atoms with Gasteiger partial charge in [0.05, 0.1) is 0 Å². The SMILES string of the molecule is NC[C@@H](N)Cc1ccc(O)cc1. The van der Waals surface area contributed by atoms with E-state index in [1.54, 1.807) is 12.1 Å². The third-order valence-corrected chi connectivity index (χ3v) is 1.74. The number of nitrogens with two attached hydrogens (primary N) is 2. The van der Waals surface area contributed by atoms with Gasteiger partial charge in [0.2, 0.25) is 0 Å². The molecule has 0 radical (unpaired) electrons. The van der Waals surface area contributed by atoms with Gasteiger partial charge >= 0.3 is 0 Å². The molecule has 1 rings (SSSR count). The Kier molecular flexibility index (Phi) is 3.08. The first-order valence-electron chi connectivity index (χ1n) is 3.96. The van der Waals surface area contributed by atoms with Crippen LogP contribution in [0, 0.1) is 0 Å². The van der Waals surface area contributed by atoms with Gasteiger partial charge in [0, 0.05) is 12.6 Å². The molecule has 3 nitrogen and oxygen atoms in total. The molecule has 1 atom stereocenters. The second kappa shape index (κ2) is 4.09. The van der Waals surface area contributed by atoms with Crippen molar-refractivity contribution >= 4 is 0 Å². The minimum Gasteiger partial charge on any atom is -0.508 e. The summed E-state index contributed by atoms with van der Waals surface area (Å²) in [7, 11) is 0. The van der Waals surface area contributed by atoms with E-state index in [1.165, 1.54) is 0 Å². The highest BCUT2D eigenvalue weighted by molar-refractivity contribution is 5.26. The molecule has 5 N–H and O–H groups in total. The Balaban J connectivity index is 2.58. The van der Waals surface area contributed by atoms with Crippen molar-refractivity contribution < 1.29 is 5.11 Å². The zero-order chi connectivity index (χ0) is 8.97. The minimum atomic E-state index is 0.00884. The largest absolute Gasteiger partial charge is 0.508 e. The third-order valence-electron chi connectivity index (χ3n) is 1.74. The molecule has 0 fully saturated rings. The normalized spacial score (nSPS) is 12.8. The summed E-state index contributed by atoms with van der Waals surface area (Å²) in [4.78, 5) is 0. The lowest BCUT2D eigenvalue weighted by Gasteiger charge is -2.07. The Bertz CT molecular complexity index is 233. The van der Waals surface area contributed by atoms with Gasteiger partial charge in [0.25, 0.3) is 0 Å². The average Bonchev–Trinajstić information content (AvgIpc) is 2.09. The smallest absolute Gasteiger partial charge is 0.115 e. The molecule has 0 aromatic heterocycles. The van der Waals surface area contributed by atoms with Gasteiger partial charge in [0.15, 0.2) is 0 Å². The maximum Gasteiger partial charge on any atom is 0.115 e. The van der Waals surface area contributed by atoms with Gasteiger partial charge in [-0.25, -0.2) is 0 Å². The molecular formula is C9H14N2O. The second-order valence-electron chi connectivity index (χ2n) is 2.87. The summed E-state index contributed by atoms with van der Waals surface area (Å²) in [6, 6.07) is 7.02. The van der Waals surface area contributed by atoms with Gasteiger partial charge in [-0.05, 0) is 24.1 Å². The van der Waals surface area contributed by atoms with Crippen molar-refractivity contribution in [1.82, 2.24) is 0 Å². The second-order valence-corrected chi connectivity index (χ2v) is 2.87. The Hall–Kier alpha value is -1.06. The molecule has 0 saturated carbocycles. The summed E-state index contributed by atoms with van der Waals surface area (Å²) >= 11 is 0. The van der Waals surface area contributed by atoms with E-state index < -0.39 is 0 Å². The molecule has 0 bridgehead atoms. The summed E-state index contributed by atoms with van der Waals surface area (Å²) in [6.07, 6.45) is 0.761. The first-order chi connectivity index (χ1) is 5.72. The fourth-order valence-electron chi connectivity index (χ4n) is 1.02. The van der Waals surface area contributed by atoms with E-state index in [0.29, 0.717) is 6.54 Å². The Morgan fingerprint density at radius 3 is 2.33 bits per heavy atom. The van der Waals surface area contributed by atoms with Crippen molar-refractivity contribution in [2.24, 2.45) is 11.5 Å². The van der Waals surface area contributed by atoms with Crippen LogP contribution in [0.2, 0.25) is 0 Å². The predicted octanol–water partition coefficient (Wildman–Crippen LogP) is 0.221. The number of phenols is 1. The van der Waals surface area contributed by atoms with E-state index in [4.69, 9.17) is 16.6 Å². The van der Waals surface area contributed by atoms with Crippen LogP contribution in [-0.2, 0) is 6.42 Å². The number of benzene rings is 1. The van der Waals surface area contributed by atoms with E-state index in [0.717, 1.165) is 12.0 Å². The molecule has 0 unspecified atom stereocenters. The summed E-state index contributed by atoms with van der Waals surface area (Å²) in [5.41, 5.74) is 12.1. The maximum absolute atomic E-state index is 8.99. The maximum atomic E-state index is 8.99. The van der Waals surface area contributed by atoms with Crippen LogP contribution in [0.5, 0.6) is 5.75 Å². The molecule has 0 aliphatic heterocycles. The molecule has 1 aromatic carbocycles. The van der Waals surface area contributed by atoms with Crippen LogP contribution in [0.1, 0.15) is 5.56 Å². The Morgan fingerprint density at radius 1 is 1.25 bits per heavy atom. The van der Waals surface area contributed by atoms with Crippen LogP contribution >= 0.6 is 0 Å². The minimum absolute atomic E-state index is 0.00884. The fourth-order valence-corrected chi connectivity index (χ4v) is 1.02. The Labute approximate surface area is 72.0 Å². The Morgan fingerprint density at radius 2 is 1.83 bits per heavy atom. The molecule has 0 spiro atoms. The summed E-state index contributed by atoms with van der Waals surface area (Å²) < 4.78 is 0. The third kappa shape index (κ3) is 2.53. The van der Waals surface area contributed by atoms with Gasteiger partial charge < -0.3 is 16.6 Å². The van der Waals surface area contributed by atoms with Crippen LogP contribution in [0.4, 0.5) is 0 Å². The molecule has 0 aliphatic carbocycles. The zero-order valence-corrected chi connectivity index (χ0v) is 6.90. The van der Waals surface area contributed by atoms with Gasteiger partial charge in [-0.3, -0.25) is 0 Å². The van der Waals surface area contributed by atoms with Crippen molar-refractivity contribution in [1.29, 1.82) is 0 Å². The van der Waals surface area contributed by atoms with Crippen LogP contribution in [0.3, 0.4) is 0 Å². The summed E-state index contributed by atoms with van der Waals surface area (Å²) in [6.45, 7) is 0.487. The molecule has 66 valence electrons. The van der Waals surface area contributed by atoms with E-state index in [-0.39, 0.29) is 11.8 Å². The monoisotopic (exact) mass is 166 g/mol. The van der Waals surface area contributed by atoms with E-state index in [9.17, 15) is 0 Å². The van der Waals surface area contributed by atoms with Crippen LogP contribution in [-0.4, -0.2) is 17.7 Å². The molecule has 1 aromatic rings. The highest BCUT2D eigenvalue weighted by Crippen LogP contribution is 2.10.